The highest BCUT2D eigenvalue weighted by molar-refractivity contribution is 6.34. The van der Waals surface area contributed by atoms with E-state index in [9.17, 15) is 9.18 Å². The average Bonchev–Trinajstić information content (AvgIpc) is 3.12. The maximum absolute atomic E-state index is 13.5. The van der Waals surface area contributed by atoms with Crippen LogP contribution in [-0.4, -0.2) is 62.9 Å². The van der Waals surface area contributed by atoms with Gasteiger partial charge >= 0.3 is 0 Å². The minimum absolute atomic E-state index is 0.0896. The fourth-order valence-electron chi connectivity index (χ4n) is 4.47. The maximum atomic E-state index is 13.5. The van der Waals surface area contributed by atoms with Crippen molar-refractivity contribution in [2.75, 3.05) is 19.6 Å². The lowest BCUT2D eigenvalue weighted by molar-refractivity contribution is -0.125. The van der Waals surface area contributed by atoms with Crippen LogP contribution < -0.4 is 5.32 Å². The minimum Gasteiger partial charge on any atom is -0.350 e. The van der Waals surface area contributed by atoms with E-state index in [-0.39, 0.29) is 17.3 Å². The van der Waals surface area contributed by atoms with Gasteiger partial charge in [0.2, 0.25) is 5.91 Å². The molecular formula is C22H33ClFN5O. The van der Waals surface area contributed by atoms with Gasteiger partial charge in [-0.2, -0.15) is 0 Å². The number of nitrogens with one attached hydrogen (secondary N) is 2. The summed E-state index contributed by atoms with van der Waals surface area (Å²) >= 11 is 6.11. The van der Waals surface area contributed by atoms with Crippen molar-refractivity contribution in [1.82, 2.24) is 25.1 Å². The number of aromatic nitrogens is 2. The molecule has 166 valence electrons. The number of likely N-dealkylation sites (tertiary alicyclic amines) is 1. The molecule has 0 aliphatic carbocycles. The van der Waals surface area contributed by atoms with E-state index in [0.717, 1.165) is 31.8 Å². The van der Waals surface area contributed by atoms with Crippen LogP contribution in [0.5, 0.6) is 0 Å². The first-order chi connectivity index (χ1) is 14.2. The van der Waals surface area contributed by atoms with Gasteiger partial charge in [0, 0.05) is 30.7 Å². The molecule has 2 aliphatic heterocycles. The molecule has 4 rings (SSSR count). The number of nitrogens with zero attached hydrogens (tertiary/aromatic N) is 3. The number of piperazine rings is 1. The number of imidazole rings is 1. The highest BCUT2D eigenvalue weighted by Crippen LogP contribution is 2.31. The van der Waals surface area contributed by atoms with Crippen molar-refractivity contribution in [3.63, 3.8) is 0 Å². The fraction of sp³-hybridized carbons (Fsp3) is 0.636. The molecule has 2 fully saturated rings. The van der Waals surface area contributed by atoms with Crippen LogP contribution in [0.1, 0.15) is 53.3 Å². The number of halogens is 2. The van der Waals surface area contributed by atoms with Crippen molar-refractivity contribution in [2.24, 2.45) is 0 Å². The molecule has 0 saturated carbocycles. The molecule has 3 heterocycles. The molecule has 2 aromatic rings. The monoisotopic (exact) mass is 437 g/mol. The second kappa shape index (κ2) is 9.20. The fourth-order valence-corrected chi connectivity index (χ4v) is 4.72. The van der Waals surface area contributed by atoms with Gasteiger partial charge < -0.3 is 10.3 Å². The smallest absolute Gasteiger partial charge is 0.234 e. The number of amides is 1. The summed E-state index contributed by atoms with van der Waals surface area (Å²) in [6.45, 7) is 12.9. The molecule has 8 heteroatoms. The van der Waals surface area contributed by atoms with E-state index < -0.39 is 0 Å². The first kappa shape index (κ1) is 23.0. The van der Waals surface area contributed by atoms with Gasteiger partial charge in [0.25, 0.3) is 0 Å². The number of carbonyl (C=O) groups is 1. The van der Waals surface area contributed by atoms with Gasteiger partial charge in [-0.3, -0.25) is 14.6 Å². The number of aromatic amines is 1. The van der Waals surface area contributed by atoms with E-state index in [0.29, 0.717) is 41.2 Å². The Labute approximate surface area is 183 Å². The lowest BCUT2D eigenvalue weighted by Gasteiger charge is -2.40. The lowest BCUT2D eigenvalue weighted by Crippen LogP contribution is -2.56. The average molecular weight is 438 g/mol. The van der Waals surface area contributed by atoms with E-state index >= 15 is 0 Å². The third-order valence-electron chi connectivity index (χ3n) is 5.48. The molecule has 2 unspecified atom stereocenters. The zero-order chi connectivity index (χ0) is 22.1. The van der Waals surface area contributed by atoms with E-state index in [2.05, 4.69) is 25.1 Å². The SMILES string of the molecule is CC.CC(C)(C)NC(=O)CN1C2CCC1CN(Cc1nc3c(Cl)cc(F)cc3[nH]1)C2. The summed E-state index contributed by atoms with van der Waals surface area (Å²) in [7, 11) is 0. The Kier molecular flexibility index (Phi) is 7.05. The van der Waals surface area contributed by atoms with Crippen LogP contribution in [0.2, 0.25) is 5.02 Å². The maximum Gasteiger partial charge on any atom is 0.234 e. The molecule has 2 N–H and O–H groups in total. The standard InChI is InChI=1S/C20H27ClFN5O.C2H6/c1-20(2,3)25-18(28)11-27-13-4-5-14(27)9-26(8-13)10-17-23-16-7-12(22)6-15(21)19(16)24-17;1-2/h6-7,13-14H,4-5,8-11H2,1-3H3,(H,23,24)(H,25,28);1-2H3. The van der Waals surface area contributed by atoms with Crippen LogP contribution in [0, 0.1) is 5.82 Å². The first-order valence-electron chi connectivity index (χ1n) is 10.8. The molecule has 30 heavy (non-hydrogen) atoms. The number of H-pyrrole nitrogens is 1. The van der Waals surface area contributed by atoms with Crippen LogP contribution in [-0.2, 0) is 11.3 Å². The zero-order valence-corrected chi connectivity index (χ0v) is 19.3. The second-order valence-electron chi connectivity index (χ2n) is 9.02. The van der Waals surface area contributed by atoms with Crippen LogP contribution in [0.4, 0.5) is 4.39 Å². The van der Waals surface area contributed by atoms with Crippen molar-refractivity contribution < 1.29 is 9.18 Å². The van der Waals surface area contributed by atoms with E-state index in [4.69, 9.17) is 11.6 Å². The quantitative estimate of drug-likeness (QED) is 0.760. The van der Waals surface area contributed by atoms with Gasteiger partial charge in [0.05, 0.1) is 23.6 Å². The number of carbonyl (C=O) groups excluding carboxylic acids is 1. The molecular weight excluding hydrogens is 405 g/mol. The summed E-state index contributed by atoms with van der Waals surface area (Å²) in [5.41, 5.74) is 1.03. The molecule has 1 aromatic carbocycles. The van der Waals surface area contributed by atoms with Gasteiger partial charge in [-0.25, -0.2) is 9.37 Å². The number of rotatable bonds is 4. The molecule has 1 aromatic heterocycles. The Balaban J connectivity index is 0.00000124. The molecule has 0 radical (unpaired) electrons. The zero-order valence-electron chi connectivity index (χ0n) is 18.6. The van der Waals surface area contributed by atoms with Crippen LogP contribution in [0.3, 0.4) is 0 Å². The summed E-state index contributed by atoms with van der Waals surface area (Å²) in [6, 6.07) is 3.48. The Bertz CT molecular complexity index is 880. The Hall–Kier alpha value is -1.70. The summed E-state index contributed by atoms with van der Waals surface area (Å²) in [4.78, 5) is 24.8. The Morgan fingerprint density at radius 1 is 1.27 bits per heavy atom. The molecule has 1 amide bonds. The third kappa shape index (κ3) is 5.31. The normalized spacial score (nSPS) is 22.1. The molecule has 0 spiro atoms. The number of hydrogen-bond donors (Lipinski definition) is 2. The van der Waals surface area contributed by atoms with Crippen molar-refractivity contribution >= 4 is 28.5 Å². The number of benzene rings is 1. The molecule has 2 bridgehead atoms. The van der Waals surface area contributed by atoms with Crippen molar-refractivity contribution in [3.05, 3.63) is 28.8 Å². The Morgan fingerprint density at radius 2 is 1.90 bits per heavy atom. The van der Waals surface area contributed by atoms with Crippen LogP contribution in [0.25, 0.3) is 11.0 Å². The molecule has 2 saturated heterocycles. The van der Waals surface area contributed by atoms with Crippen LogP contribution in [0.15, 0.2) is 12.1 Å². The minimum atomic E-state index is -0.368. The van der Waals surface area contributed by atoms with E-state index in [1.165, 1.54) is 12.1 Å². The van der Waals surface area contributed by atoms with Gasteiger partial charge in [-0.1, -0.05) is 25.4 Å². The highest BCUT2D eigenvalue weighted by Gasteiger charge is 2.40. The highest BCUT2D eigenvalue weighted by atomic mass is 35.5. The summed E-state index contributed by atoms with van der Waals surface area (Å²) in [5, 5.41) is 3.38. The first-order valence-corrected chi connectivity index (χ1v) is 11.2. The van der Waals surface area contributed by atoms with Gasteiger partial charge in [0.1, 0.15) is 17.2 Å². The number of fused-ring (bicyclic) bond motifs is 3. The molecule has 2 aliphatic rings. The predicted molar refractivity (Wildman–Crippen MR) is 119 cm³/mol. The van der Waals surface area contributed by atoms with Gasteiger partial charge in [-0.05, 0) is 45.7 Å². The van der Waals surface area contributed by atoms with Crippen LogP contribution >= 0.6 is 11.6 Å². The van der Waals surface area contributed by atoms with Crippen molar-refractivity contribution in [3.8, 4) is 0 Å². The topological polar surface area (TPSA) is 64.3 Å². The third-order valence-corrected chi connectivity index (χ3v) is 5.77. The predicted octanol–water partition coefficient (Wildman–Crippen LogP) is 3.94. The summed E-state index contributed by atoms with van der Waals surface area (Å²) < 4.78 is 13.5. The van der Waals surface area contributed by atoms with E-state index in [1.807, 2.05) is 34.6 Å². The van der Waals surface area contributed by atoms with Crippen molar-refractivity contribution in [1.29, 1.82) is 0 Å². The largest absolute Gasteiger partial charge is 0.350 e. The second-order valence-corrected chi connectivity index (χ2v) is 9.42. The molecule has 6 nitrogen and oxygen atoms in total. The molecule has 2 atom stereocenters. The van der Waals surface area contributed by atoms with Gasteiger partial charge in [-0.15, -0.1) is 0 Å². The summed E-state index contributed by atoms with van der Waals surface area (Å²) in [6.07, 6.45) is 2.22. The van der Waals surface area contributed by atoms with E-state index in [1.54, 1.807) is 0 Å². The Morgan fingerprint density at radius 3 is 2.50 bits per heavy atom. The van der Waals surface area contributed by atoms with Gasteiger partial charge in [0.15, 0.2) is 0 Å². The van der Waals surface area contributed by atoms with Crippen molar-refractivity contribution in [2.45, 2.75) is 71.6 Å². The summed E-state index contributed by atoms with van der Waals surface area (Å²) in [5.74, 6) is 0.514. The number of hydrogen-bond acceptors (Lipinski definition) is 4. The lowest BCUT2D eigenvalue weighted by atomic mass is 10.1.